The minimum absolute atomic E-state index is 0.00843. The molecular formula is C20H23F2N3O4S2. The summed E-state index contributed by atoms with van der Waals surface area (Å²) < 4.78 is 37.5. The summed E-state index contributed by atoms with van der Waals surface area (Å²) in [5, 5.41) is 4.74. The van der Waals surface area contributed by atoms with Crippen molar-refractivity contribution in [2.24, 2.45) is 5.73 Å². The molecule has 4 heterocycles. The van der Waals surface area contributed by atoms with E-state index in [9.17, 15) is 18.4 Å². The van der Waals surface area contributed by atoms with E-state index in [0.29, 0.717) is 35.9 Å². The number of carbonyl (C=O) groups is 2. The van der Waals surface area contributed by atoms with E-state index in [1.54, 1.807) is 4.90 Å². The quantitative estimate of drug-likeness (QED) is 0.604. The number of halogens is 2. The Morgan fingerprint density at radius 3 is 2.87 bits per heavy atom. The molecule has 3 N–H and O–H groups in total. The van der Waals surface area contributed by atoms with Crippen LogP contribution >= 0.6 is 22.7 Å². The number of rotatable bonds is 7. The van der Waals surface area contributed by atoms with Crippen LogP contribution in [-0.2, 0) is 26.4 Å². The molecule has 4 rings (SSSR count). The molecule has 0 radical (unpaired) electrons. The van der Waals surface area contributed by atoms with Gasteiger partial charge in [0.2, 0.25) is 5.91 Å². The highest BCUT2D eigenvalue weighted by atomic mass is 32.1. The Balaban J connectivity index is 1.35. The summed E-state index contributed by atoms with van der Waals surface area (Å²) in [5.74, 6) is -3.44. The van der Waals surface area contributed by atoms with E-state index in [2.05, 4.69) is 5.32 Å². The Labute approximate surface area is 186 Å². The number of thiophene rings is 2. The van der Waals surface area contributed by atoms with Crippen molar-refractivity contribution in [3.05, 3.63) is 44.3 Å². The van der Waals surface area contributed by atoms with Crippen LogP contribution in [0.25, 0.3) is 0 Å². The van der Waals surface area contributed by atoms with E-state index in [0.717, 1.165) is 23.1 Å². The molecule has 2 fully saturated rings. The SMILES string of the molecule is CC(F)(F)C1O[C@]1(N)c1ccc(C(=O)NCC2COCCN2C(=O)Cc2cccs2)s1. The molecule has 0 bridgehead atoms. The van der Waals surface area contributed by atoms with E-state index >= 15 is 0 Å². The molecule has 0 aliphatic carbocycles. The molecule has 2 aromatic heterocycles. The first-order valence-corrected chi connectivity index (χ1v) is 11.5. The molecule has 0 spiro atoms. The number of nitrogens with zero attached hydrogens (tertiary/aromatic N) is 1. The molecular weight excluding hydrogens is 448 g/mol. The van der Waals surface area contributed by atoms with Crippen molar-refractivity contribution in [3.63, 3.8) is 0 Å². The van der Waals surface area contributed by atoms with Crippen LogP contribution in [0, 0.1) is 0 Å². The Morgan fingerprint density at radius 2 is 2.19 bits per heavy atom. The molecule has 2 aliphatic rings. The van der Waals surface area contributed by atoms with Crippen LogP contribution < -0.4 is 11.1 Å². The smallest absolute Gasteiger partial charge is 0.275 e. The second kappa shape index (κ2) is 8.55. The third-order valence-corrected chi connectivity index (χ3v) is 7.36. The van der Waals surface area contributed by atoms with Gasteiger partial charge in [0, 0.05) is 24.9 Å². The van der Waals surface area contributed by atoms with Gasteiger partial charge in [-0.15, -0.1) is 22.7 Å². The molecule has 2 amide bonds. The molecule has 2 aromatic rings. The Morgan fingerprint density at radius 1 is 1.39 bits per heavy atom. The average molecular weight is 472 g/mol. The van der Waals surface area contributed by atoms with Gasteiger partial charge in [-0.1, -0.05) is 6.07 Å². The van der Waals surface area contributed by atoms with Gasteiger partial charge in [0.25, 0.3) is 11.8 Å². The van der Waals surface area contributed by atoms with Gasteiger partial charge in [0.05, 0.1) is 35.4 Å². The number of nitrogens with one attached hydrogen (secondary N) is 1. The van der Waals surface area contributed by atoms with E-state index in [1.165, 1.54) is 23.5 Å². The number of morpholine rings is 1. The first-order valence-electron chi connectivity index (χ1n) is 9.81. The molecule has 3 atom stereocenters. The van der Waals surface area contributed by atoms with Crippen molar-refractivity contribution in [1.29, 1.82) is 0 Å². The molecule has 31 heavy (non-hydrogen) atoms. The molecule has 2 unspecified atom stereocenters. The number of alkyl halides is 2. The highest BCUT2D eigenvalue weighted by molar-refractivity contribution is 7.14. The predicted octanol–water partition coefficient (Wildman–Crippen LogP) is 2.17. The Bertz CT molecular complexity index is 947. The lowest BCUT2D eigenvalue weighted by atomic mass is 10.1. The number of hydrogen-bond acceptors (Lipinski definition) is 7. The fourth-order valence-electron chi connectivity index (χ4n) is 3.61. The fraction of sp³-hybridized carbons (Fsp3) is 0.500. The van der Waals surface area contributed by atoms with Gasteiger partial charge in [0.15, 0.2) is 11.8 Å². The summed E-state index contributed by atoms with van der Waals surface area (Å²) in [7, 11) is 0. The number of carbonyl (C=O) groups excluding carboxylic acids is 2. The molecule has 168 valence electrons. The third kappa shape index (κ3) is 4.80. The lowest BCUT2D eigenvalue weighted by Gasteiger charge is -2.35. The fourth-order valence-corrected chi connectivity index (χ4v) is 5.30. The summed E-state index contributed by atoms with van der Waals surface area (Å²) in [6.45, 7) is 2.23. The van der Waals surface area contributed by atoms with E-state index in [4.69, 9.17) is 15.2 Å². The van der Waals surface area contributed by atoms with Crippen LogP contribution in [0.15, 0.2) is 29.6 Å². The van der Waals surface area contributed by atoms with Crippen LogP contribution in [0.4, 0.5) is 8.78 Å². The number of amides is 2. The molecule has 2 saturated heterocycles. The maximum Gasteiger partial charge on any atom is 0.275 e. The highest BCUT2D eigenvalue weighted by Gasteiger charge is 2.66. The number of epoxide rings is 1. The third-order valence-electron chi connectivity index (χ3n) is 5.27. The zero-order chi connectivity index (χ0) is 22.2. The van der Waals surface area contributed by atoms with Crippen LogP contribution in [0.3, 0.4) is 0 Å². The van der Waals surface area contributed by atoms with Gasteiger partial charge in [-0.05, 0) is 23.6 Å². The zero-order valence-electron chi connectivity index (χ0n) is 16.8. The second-order valence-electron chi connectivity index (χ2n) is 7.69. The normalized spacial score (nSPS) is 26.0. The summed E-state index contributed by atoms with van der Waals surface area (Å²) >= 11 is 2.55. The Kier molecular flexibility index (Phi) is 6.14. The highest BCUT2D eigenvalue weighted by Crippen LogP contribution is 2.50. The minimum Gasteiger partial charge on any atom is -0.377 e. The Hall–Kier alpha value is -1.92. The van der Waals surface area contributed by atoms with E-state index < -0.39 is 17.8 Å². The van der Waals surface area contributed by atoms with Crippen LogP contribution in [0.5, 0.6) is 0 Å². The van der Waals surface area contributed by atoms with Gasteiger partial charge in [-0.2, -0.15) is 0 Å². The first-order chi connectivity index (χ1) is 14.7. The molecule has 7 nitrogen and oxygen atoms in total. The van der Waals surface area contributed by atoms with Crippen molar-refractivity contribution < 1.29 is 27.8 Å². The maximum atomic E-state index is 13.5. The maximum absolute atomic E-state index is 13.5. The van der Waals surface area contributed by atoms with Crippen molar-refractivity contribution in [2.45, 2.75) is 37.1 Å². The van der Waals surface area contributed by atoms with Crippen LogP contribution in [0.2, 0.25) is 0 Å². The van der Waals surface area contributed by atoms with Crippen molar-refractivity contribution in [3.8, 4) is 0 Å². The van der Waals surface area contributed by atoms with Crippen LogP contribution in [0.1, 0.15) is 26.3 Å². The standard InChI is InChI=1S/C20H23F2N3O4S2/c1-19(21,22)18-20(23,29-18)15-5-4-14(31-15)17(27)24-10-12-11-28-7-6-25(12)16(26)9-13-3-2-8-30-13/h2-5,8,12,18H,6-7,9-11,23H2,1H3,(H,24,27)/t12?,18?,20-/m1/s1. The molecule has 11 heteroatoms. The summed E-state index contributed by atoms with van der Waals surface area (Å²) in [6, 6.07) is 6.61. The minimum atomic E-state index is -3.07. The van der Waals surface area contributed by atoms with E-state index in [1.807, 2.05) is 17.5 Å². The second-order valence-corrected chi connectivity index (χ2v) is 9.81. The lowest BCUT2D eigenvalue weighted by Crippen LogP contribution is -2.53. The average Bonchev–Trinajstić information content (AvgIpc) is 3.11. The largest absolute Gasteiger partial charge is 0.377 e. The monoisotopic (exact) mass is 471 g/mol. The molecule has 0 aromatic carbocycles. The van der Waals surface area contributed by atoms with Gasteiger partial charge in [-0.25, -0.2) is 8.78 Å². The summed E-state index contributed by atoms with van der Waals surface area (Å²) in [4.78, 5) is 28.7. The number of ether oxygens (including phenoxy) is 2. The van der Waals surface area contributed by atoms with Crippen LogP contribution in [-0.4, -0.2) is 61.1 Å². The lowest BCUT2D eigenvalue weighted by molar-refractivity contribution is -0.138. The predicted molar refractivity (Wildman–Crippen MR) is 112 cm³/mol. The number of hydrogen-bond donors (Lipinski definition) is 2. The van der Waals surface area contributed by atoms with E-state index in [-0.39, 0.29) is 24.4 Å². The number of nitrogens with two attached hydrogens (primary N) is 1. The molecule has 2 aliphatic heterocycles. The van der Waals surface area contributed by atoms with Gasteiger partial charge < -0.3 is 19.7 Å². The molecule has 0 saturated carbocycles. The summed E-state index contributed by atoms with van der Waals surface area (Å²) in [5.41, 5.74) is 4.36. The van der Waals surface area contributed by atoms with Gasteiger partial charge >= 0.3 is 0 Å². The van der Waals surface area contributed by atoms with Crippen molar-refractivity contribution >= 4 is 34.5 Å². The van der Waals surface area contributed by atoms with Gasteiger partial charge in [0.1, 0.15) is 0 Å². The van der Waals surface area contributed by atoms with Gasteiger partial charge in [-0.3, -0.25) is 15.3 Å². The first kappa shape index (κ1) is 22.3. The van der Waals surface area contributed by atoms with Crippen molar-refractivity contribution in [1.82, 2.24) is 10.2 Å². The zero-order valence-corrected chi connectivity index (χ0v) is 18.4. The summed E-state index contributed by atoms with van der Waals surface area (Å²) in [6.07, 6.45) is -1.09. The van der Waals surface area contributed by atoms with Crippen molar-refractivity contribution in [2.75, 3.05) is 26.3 Å². The topological polar surface area (TPSA) is 97.2 Å².